The van der Waals surface area contributed by atoms with Crippen molar-refractivity contribution in [3.63, 3.8) is 0 Å². The zero-order valence-corrected chi connectivity index (χ0v) is 11.4. The van der Waals surface area contributed by atoms with Crippen molar-refractivity contribution in [2.45, 2.75) is 83.9 Å². The van der Waals surface area contributed by atoms with Crippen molar-refractivity contribution in [1.29, 1.82) is 0 Å². The van der Waals surface area contributed by atoms with Crippen LogP contribution >= 0.6 is 0 Å². The van der Waals surface area contributed by atoms with Gasteiger partial charge in [0, 0.05) is 0 Å². The zero-order valence-electron chi connectivity index (χ0n) is 11.4. The minimum atomic E-state index is 0.606. The summed E-state index contributed by atoms with van der Waals surface area (Å²) in [6, 6.07) is 0. The van der Waals surface area contributed by atoms with Crippen LogP contribution in [0.5, 0.6) is 0 Å². The summed E-state index contributed by atoms with van der Waals surface area (Å²) in [7, 11) is 2.45. The molecule has 0 radical (unpaired) electrons. The third-order valence-electron chi connectivity index (χ3n) is 4.16. The topological polar surface area (TPSA) is 0 Å². The number of rotatable bonds is 0. The molecule has 15 heavy (non-hydrogen) atoms. The Kier molecular flexibility index (Phi) is 4.74. The highest BCUT2D eigenvalue weighted by molar-refractivity contribution is 6.14. The number of hydrogen-bond donors (Lipinski definition) is 0. The largest absolute Gasteiger partial charge is 0.109 e. The molecule has 0 aromatic heterocycles. The lowest BCUT2D eigenvalue weighted by Crippen LogP contribution is -2.11. The van der Waals surface area contributed by atoms with E-state index in [9.17, 15) is 0 Å². The molecule has 1 atom stereocenters. The zero-order chi connectivity index (χ0) is 11.4. The summed E-state index contributed by atoms with van der Waals surface area (Å²) in [5.41, 5.74) is 0.606. The van der Waals surface area contributed by atoms with Gasteiger partial charge in [-0.25, -0.2) is 0 Å². The van der Waals surface area contributed by atoms with E-state index in [0.29, 0.717) is 10.7 Å². The molecule has 0 aromatic carbocycles. The van der Waals surface area contributed by atoms with Crippen LogP contribution in [-0.4, -0.2) is 7.85 Å². The summed E-state index contributed by atoms with van der Waals surface area (Å²) in [5, 5.41) is 0.606. The molecule has 0 aliphatic heterocycles. The monoisotopic (exact) mass is 208 g/mol. The van der Waals surface area contributed by atoms with Gasteiger partial charge in [-0.3, -0.25) is 0 Å². The summed E-state index contributed by atoms with van der Waals surface area (Å²) >= 11 is 0. The summed E-state index contributed by atoms with van der Waals surface area (Å²) in [5.74, 6) is 0. The van der Waals surface area contributed by atoms with Crippen LogP contribution in [0.3, 0.4) is 0 Å². The van der Waals surface area contributed by atoms with Gasteiger partial charge in [-0.1, -0.05) is 71.0 Å². The third kappa shape index (κ3) is 5.63. The normalized spacial score (nSPS) is 34.3. The molecule has 88 valence electrons. The molecule has 1 unspecified atom stereocenters. The van der Waals surface area contributed by atoms with Gasteiger partial charge in [0.2, 0.25) is 0 Å². The molecule has 1 aliphatic carbocycles. The maximum Gasteiger partial charge on any atom is 0.109 e. The summed E-state index contributed by atoms with van der Waals surface area (Å²) in [4.78, 5) is 0. The van der Waals surface area contributed by atoms with E-state index in [4.69, 9.17) is 0 Å². The van der Waals surface area contributed by atoms with Gasteiger partial charge in [0.15, 0.2) is 0 Å². The first-order valence-corrected chi connectivity index (χ1v) is 6.91. The van der Waals surface area contributed by atoms with Crippen LogP contribution in [0.25, 0.3) is 0 Å². The van der Waals surface area contributed by atoms with Crippen molar-refractivity contribution < 1.29 is 0 Å². The van der Waals surface area contributed by atoms with E-state index < -0.39 is 0 Å². The van der Waals surface area contributed by atoms with Crippen molar-refractivity contribution in [1.82, 2.24) is 0 Å². The minimum absolute atomic E-state index is 0.606. The molecule has 0 aromatic rings. The van der Waals surface area contributed by atoms with Crippen molar-refractivity contribution in [3.8, 4) is 0 Å². The van der Waals surface area contributed by atoms with Crippen LogP contribution < -0.4 is 0 Å². The predicted octanol–water partition coefficient (Wildman–Crippen LogP) is 4.35. The molecule has 0 heterocycles. The Hall–Kier alpha value is 0.0649. The quantitative estimate of drug-likeness (QED) is 0.519. The Bertz CT molecular complexity index is 162. The molecule has 0 amide bonds. The second kappa shape index (κ2) is 5.41. The summed E-state index contributed by atoms with van der Waals surface area (Å²) in [6.45, 7) is 7.36. The summed E-state index contributed by atoms with van der Waals surface area (Å²) in [6.07, 6.45) is 13.0. The smallest absolute Gasteiger partial charge is 0.0669 e. The van der Waals surface area contributed by atoms with E-state index in [0.717, 1.165) is 0 Å². The van der Waals surface area contributed by atoms with E-state index in [1.54, 1.807) is 0 Å². The van der Waals surface area contributed by atoms with Crippen molar-refractivity contribution >= 4 is 7.85 Å². The molecule has 1 fully saturated rings. The molecular weight excluding hydrogens is 179 g/mol. The Morgan fingerprint density at radius 2 is 1.07 bits per heavy atom. The van der Waals surface area contributed by atoms with E-state index in [1.807, 2.05) is 0 Å². The third-order valence-corrected chi connectivity index (χ3v) is 4.16. The first kappa shape index (κ1) is 13.1. The van der Waals surface area contributed by atoms with Crippen LogP contribution in [0.1, 0.15) is 78.6 Å². The average molecular weight is 208 g/mol. The van der Waals surface area contributed by atoms with E-state index in [-0.39, 0.29) is 0 Å². The van der Waals surface area contributed by atoms with Crippen LogP contribution in [0, 0.1) is 5.41 Å². The van der Waals surface area contributed by atoms with Crippen LogP contribution in [0.2, 0.25) is 5.31 Å². The standard InChI is InChI=1S/C14H29B/c1-13(2)9-5-4-6-11-14(3,15)12-8-7-10-13/h4-12,15H2,1-3H3. The first-order valence-electron chi connectivity index (χ1n) is 6.91. The van der Waals surface area contributed by atoms with Gasteiger partial charge in [-0.05, 0) is 18.3 Å². The van der Waals surface area contributed by atoms with E-state index >= 15 is 0 Å². The van der Waals surface area contributed by atoms with Gasteiger partial charge >= 0.3 is 0 Å². The summed E-state index contributed by atoms with van der Waals surface area (Å²) < 4.78 is 0. The highest BCUT2D eigenvalue weighted by Gasteiger charge is 2.21. The maximum atomic E-state index is 2.45. The molecule has 0 bridgehead atoms. The Morgan fingerprint density at radius 3 is 1.67 bits per heavy atom. The van der Waals surface area contributed by atoms with Gasteiger partial charge in [0.25, 0.3) is 0 Å². The van der Waals surface area contributed by atoms with E-state index in [1.165, 1.54) is 57.8 Å². The fourth-order valence-corrected chi connectivity index (χ4v) is 2.84. The van der Waals surface area contributed by atoms with E-state index in [2.05, 4.69) is 28.6 Å². The minimum Gasteiger partial charge on any atom is -0.0669 e. The van der Waals surface area contributed by atoms with Crippen molar-refractivity contribution in [2.75, 3.05) is 0 Å². The molecule has 1 rings (SSSR count). The van der Waals surface area contributed by atoms with Gasteiger partial charge < -0.3 is 0 Å². The Morgan fingerprint density at radius 1 is 0.667 bits per heavy atom. The first-order chi connectivity index (χ1) is 6.91. The number of hydrogen-bond acceptors (Lipinski definition) is 0. The maximum absolute atomic E-state index is 2.45. The molecule has 0 N–H and O–H groups in total. The van der Waals surface area contributed by atoms with Gasteiger partial charge in [0.05, 0.1) is 0 Å². The molecule has 0 spiro atoms. The van der Waals surface area contributed by atoms with Gasteiger partial charge in [0.1, 0.15) is 7.85 Å². The average Bonchev–Trinajstić information content (AvgIpc) is 2.13. The molecule has 1 heteroatoms. The highest BCUT2D eigenvalue weighted by Crippen LogP contribution is 2.38. The van der Waals surface area contributed by atoms with Gasteiger partial charge in [-0.2, -0.15) is 0 Å². The Balaban J connectivity index is 2.44. The second-order valence-corrected chi connectivity index (χ2v) is 7.10. The fraction of sp³-hybridized carbons (Fsp3) is 1.00. The fourth-order valence-electron chi connectivity index (χ4n) is 2.84. The Labute approximate surface area is 97.6 Å². The highest BCUT2D eigenvalue weighted by atomic mass is 14.2. The second-order valence-electron chi connectivity index (χ2n) is 7.10. The lowest BCUT2D eigenvalue weighted by molar-refractivity contribution is 0.286. The molecule has 0 nitrogen and oxygen atoms in total. The predicted molar refractivity (Wildman–Crippen MR) is 72.2 cm³/mol. The molecule has 1 saturated carbocycles. The van der Waals surface area contributed by atoms with Crippen molar-refractivity contribution in [2.24, 2.45) is 5.41 Å². The van der Waals surface area contributed by atoms with Gasteiger partial charge in [-0.15, -0.1) is 0 Å². The van der Waals surface area contributed by atoms with Crippen LogP contribution in [-0.2, 0) is 0 Å². The lowest BCUT2D eigenvalue weighted by atomic mass is 9.64. The molecule has 0 saturated heterocycles. The molecular formula is C14H29B. The molecule has 1 aliphatic rings. The van der Waals surface area contributed by atoms with Crippen LogP contribution in [0.15, 0.2) is 0 Å². The van der Waals surface area contributed by atoms with Crippen LogP contribution in [0.4, 0.5) is 0 Å². The SMILES string of the molecule is BC1(C)CCCCCC(C)(C)CCCC1. The lowest BCUT2D eigenvalue weighted by Gasteiger charge is -2.25. The van der Waals surface area contributed by atoms with Crippen molar-refractivity contribution in [3.05, 3.63) is 0 Å².